The molecule has 2 atom stereocenters. The number of rotatable bonds is 10. The molecule has 272 valence electrons. The number of methoxy groups -OCH3 is 1. The van der Waals surface area contributed by atoms with Gasteiger partial charge in [-0.3, -0.25) is 9.78 Å². The van der Waals surface area contributed by atoms with E-state index in [2.05, 4.69) is 20.5 Å². The molecule has 1 aliphatic carbocycles. The number of nitrogens with one attached hydrogen (secondary N) is 1. The third kappa shape index (κ3) is 6.25. The molecule has 0 spiro atoms. The zero-order valence-electron chi connectivity index (χ0n) is 29.3. The first-order valence-electron chi connectivity index (χ1n) is 17.2. The number of primary amides is 1. The Morgan fingerprint density at radius 2 is 1.96 bits per heavy atom. The average Bonchev–Trinajstić information content (AvgIpc) is 3.89. The molecule has 8 rings (SSSR count). The van der Waals surface area contributed by atoms with Crippen LogP contribution in [0.15, 0.2) is 59.1 Å². The lowest BCUT2D eigenvalue weighted by Gasteiger charge is -2.22. The molecule has 14 heteroatoms. The van der Waals surface area contributed by atoms with Crippen molar-refractivity contribution in [2.75, 3.05) is 19.0 Å². The van der Waals surface area contributed by atoms with Gasteiger partial charge in [0.05, 0.1) is 40.9 Å². The van der Waals surface area contributed by atoms with Gasteiger partial charge in [-0.2, -0.15) is 0 Å². The van der Waals surface area contributed by atoms with Gasteiger partial charge in [0, 0.05) is 58.5 Å². The van der Waals surface area contributed by atoms with Crippen molar-refractivity contribution in [2.45, 2.75) is 57.9 Å². The van der Waals surface area contributed by atoms with Crippen molar-refractivity contribution in [1.82, 2.24) is 20.2 Å². The second-order valence-corrected chi connectivity index (χ2v) is 15.3. The number of anilines is 1. The highest BCUT2D eigenvalue weighted by molar-refractivity contribution is 7.23. The van der Waals surface area contributed by atoms with Gasteiger partial charge in [-0.15, -0.1) is 21.5 Å². The predicted molar refractivity (Wildman–Crippen MR) is 199 cm³/mol. The summed E-state index contributed by atoms with van der Waals surface area (Å²) in [6, 6.07) is 13.0. The summed E-state index contributed by atoms with van der Waals surface area (Å²) in [4.78, 5) is 23.9. The van der Waals surface area contributed by atoms with Crippen LogP contribution < -0.4 is 20.5 Å². The fourth-order valence-electron chi connectivity index (χ4n) is 7.47. The summed E-state index contributed by atoms with van der Waals surface area (Å²) in [5.41, 5.74) is 10.5. The number of aromatic nitrogens is 4. The molecule has 4 aromatic heterocycles. The van der Waals surface area contributed by atoms with Crippen molar-refractivity contribution < 1.29 is 27.5 Å². The number of hydrogen-bond acceptors (Lipinski definition) is 10. The molecule has 53 heavy (non-hydrogen) atoms. The topological polar surface area (TPSA) is 138 Å². The summed E-state index contributed by atoms with van der Waals surface area (Å²) in [5.74, 6) is -1.82. The Balaban J connectivity index is 1.32. The van der Waals surface area contributed by atoms with Crippen molar-refractivity contribution in [1.29, 1.82) is 0 Å². The maximum atomic E-state index is 15.7. The first-order valence-corrected chi connectivity index (χ1v) is 18.4. The molecule has 6 aromatic rings. The van der Waals surface area contributed by atoms with Crippen molar-refractivity contribution >= 4 is 44.7 Å². The Bertz CT molecular complexity index is 2410. The molecule has 2 aromatic carbocycles. The van der Waals surface area contributed by atoms with Gasteiger partial charge >= 0.3 is 0 Å². The van der Waals surface area contributed by atoms with Crippen LogP contribution in [-0.2, 0) is 19.3 Å². The Labute approximate surface area is 312 Å². The molecule has 1 amide bonds. The van der Waals surface area contributed by atoms with Gasteiger partial charge in [0.15, 0.2) is 0 Å². The first-order chi connectivity index (χ1) is 25.4. The number of nitrogens with two attached hydrogens (primary N) is 1. The highest BCUT2D eigenvalue weighted by Gasteiger charge is 2.49. The molecule has 0 fully saturated rings. The SMILES string of the molecule is COc1cccc2c1CC(F)(F)C2Nc1nccc2cc(-c3c(C(N)=O)c(CC(C)C)nc(C[C@H]4COc5cc(Cl)ccc54)c3-c3nnc(C)o3)sc12. The van der Waals surface area contributed by atoms with E-state index in [4.69, 9.17) is 36.2 Å². The van der Waals surface area contributed by atoms with Crippen molar-refractivity contribution in [3.63, 3.8) is 0 Å². The summed E-state index contributed by atoms with van der Waals surface area (Å²) in [6.07, 6.45) is 1.99. The van der Waals surface area contributed by atoms with E-state index in [-0.39, 0.29) is 29.1 Å². The van der Waals surface area contributed by atoms with Crippen LogP contribution in [0.25, 0.3) is 32.0 Å². The fourth-order valence-corrected chi connectivity index (χ4v) is 8.80. The third-order valence-corrected chi connectivity index (χ3v) is 11.1. The van der Waals surface area contributed by atoms with Crippen LogP contribution in [0, 0.1) is 12.8 Å². The Hall–Kier alpha value is -5.14. The van der Waals surface area contributed by atoms with Crippen LogP contribution in [0.4, 0.5) is 14.6 Å². The number of carbonyl (C=O) groups excluding carboxylic acids is 1. The Morgan fingerprint density at radius 3 is 2.70 bits per heavy atom. The van der Waals surface area contributed by atoms with Crippen LogP contribution in [0.5, 0.6) is 11.5 Å². The number of ether oxygens (including phenoxy) is 2. The number of halogens is 3. The number of nitrogens with zero attached hydrogens (tertiary/aromatic N) is 4. The lowest BCUT2D eigenvalue weighted by atomic mass is 9.88. The van der Waals surface area contributed by atoms with Gasteiger partial charge < -0.3 is 24.9 Å². The number of alkyl halides is 2. The standard InChI is InChI=1S/C39H35ClF2N6O4S/c1-18(2)12-26-31(36(43)49)33(32(38-48-47-19(3)52-38)27(45-26)13-21-17-51-29-15-22(40)8-9-23(21)29)30-14-20-10-11-44-37(34(20)53-30)46-35-24-6-5-7-28(50-4)25(24)16-39(35,41)42/h5-11,14-15,18,21,35H,12-13,16-17H2,1-4H3,(H2,43,49)(H,44,46)/t21-,35?/m0/s1. The van der Waals surface area contributed by atoms with Crippen LogP contribution in [0.2, 0.25) is 5.02 Å². The molecule has 1 unspecified atom stereocenters. The average molecular weight is 757 g/mol. The monoisotopic (exact) mass is 756 g/mol. The second kappa shape index (κ2) is 13.4. The normalized spacial score (nSPS) is 17.2. The molecule has 5 heterocycles. The van der Waals surface area contributed by atoms with Crippen LogP contribution >= 0.6 is 22.9 Å². The van der Waals surface area contributed by atoms with E-state index in [1.54, 1.807) is 43.5 Å². The summed E-state index contributed by atoms with van der Waals surface area (Å²) < 4.78 is 49.5. The molecule has 3 N–H and O–H groups in total. The van der Waals surface area contributed by atoms with Crippen molar-refractivity contribution in [2.24, 2.45) is 11.7 Å². The van der Waals surface area contributed by atoms with Crippen molar-refractivity contribution in [3.8, 4) is 33.4 Å². The third-order valence-electron chi connectivity index (χ3n) is 9.73. The zero-order valence-corrected chi connectivity index (χ0v) is 30.9. The minimum absolute atomic E-state index is 0.0892. The maximum absolute atomic E-state index is 15.7. The molecule has 0 bridgehead atoms. The lowest BCUT2D eigenvalue weighted by molar-refractivity contribution is -0.00734. The minimum Gasteiger partial charge on any atom is -0.496 e. The lowest BCUT2D eigenvalue weighted by Crippen LogP contribution is -2.28. The van der Waals surface area contributed by atoms with E-state index in [0.717, 1.165) is 10.9 Å². The quantitative estimate of drug-likeness (QED) is 0.141. The number of fused-ring (bicyclic) bond motifs is 3. The zero-order chi connectivity index (χ0) is 37.2. The van der Waals surface area contributed by atoms with Crippen LogP contribution in [-0.4, -0.2) is 45.7 Å². The maximum Gasteiger partial charge on any atom is 0.276 e. The van der Waals surface area contributed by atoms with Gasteiger partial charge in [0.1, 0.15) is 23.4 Å². The molecule has 0 saturated heterocycles. The number of thiophene rings is 1. The van der Waals surface area contributed by atoms with E-state index in [9.17, 15) is 4.79 Å². The van der Waals surface area contributed by atoms with Crippen molar-refractivity contribution in [3.05, 3.63) is 99.3 Å². The molecule has 2 aliphatic rings. The van der Waals surface area contributed by atoms with E-state index >= 15 is 8.78 Å². The van der Waals surface area contributed by atoms with Gasteiger partial charge in [-0.25, -0.2) is 13.8 Å². The van der Waals surface area contributed by atoms with Gasteiger partial charge in [0.25, 0.3) is 11.8 Å². The Morgan fingerprint density at radius 1 is 1.13 bits per heavy atom. The molecular formula is C39H35ClF2N6O4S. The summed E-state index contributed by atoms with van der Waals surface area (Å²) in [7, 11) is 1.47. The number of hydrogen-bond donors (Lipinski definition) is 2. The molecule has 1 aliphatic heterocycles. The molecule has 10 nitrogen and oxygen atoms in total. The van der Waals surface area contributed by atoms with E-state index in [0.29, 0.717) is 85.1 Å². The minimum atomic E-state index is -3.11. The molecule has 0 saturated carbocycles. The summed E-state index contributed by atoms with van der Waals surface area (Å²) in [6.45, 7) is 6.17. The summed E-state index contributed by atoms with van der Waals surface area (Å²) >= 11 is 7.58. The fraction of sp³-hybridized carbons (Fsp3) is 0.308. The van der Waals surface area contributed by atoms with Crippen LogP contribution in [0.3, 0.4) is 0 Å². The van der Waals surface area contributed by atoms with E-state index in [1.807, 2.05) is 32.0 Å². The number of pyridine rings is 2. The highest BCUT2D eigenvalue weighted by Crippen LogP contribution is 2.50. The van der Waals surface area contributed by atoms with Crippen LogP contribution in [0.1, 0.15) is 70.1 Å². The number of benzene rings is 2. The predicted octanol–water partition coefficient (Wildman–Crippen LogP) is 8.74. The smallest absolute Gasteiger partial charge is 0.276 e. The largest absolute Gasteiger partial charge is 0.496 e. The number of aryl methyl sites for hydroxylation is 1. The van der Waals surface area contributed by atoms with E-state index < -0.39 is 24.3 Å². The molecular weight excluding hydrogens is 722 g/mol. The summed E-state index contributed by atoms with van der Waals surface area (Å²) in [5, 5.41) is 12.9. The van der Waals surface area contributed by atoms with Gasteiger partial charge in [-0.1, -0.05) is 43.6 Å². The van der Waals surface area contributed by atoms with Gasteiger partial charge in [0.2, 0.25) is 11.8 Å². The Kier molecular flexibility index (Phi) is 8.81. The second-order valence-electron chi connectivity index (χ2n) is 13.8. The molecule has 0 radical (unpaired) electrons. The number of carbonyl (C=O) groups is 1. The first kappa shape index (κ1) is 34.9. The highest BCUT2D eigenvalue weighted by atomic mass is 35.5. The van der Waals surface area contributed by atoms with E-state index in [1.165, 1.54) is 18.4 Å². The number of amides is 1. The van der Waals surface area contributed by atoms with Gasteiger partial charge in [-0.05, 0) is 53.6 Å².